The van der Waals surface area contributed by atoms with Crippen LogP contribution in [0.1, 0.15) is 38.8 Å². The molecule has 1 N–H and O–H groups in total. The number of aliphatic hydroxyl groups is 1. The summed E-state index contributed by atoms with van der Waals surface area (Å²) in [5, 5.41) is 9.43. The van der Waals surface area contributed by atoms with Crippen molar-refractivity contribution < 1.29 is 9.84 Å². The minimum absolute atomic E-state index is 0.0253. The third-order valence-corrected chi connectivity index (χ3v) is 2.28. The van der Waals surface area contributed by atoms with Crippen molar-refractivity contribution in [3.8, 4) is 5.88 Å². The van der Waals surface area contributed by atoms with Gasteiger partial charge in [-0.25, -0.2) is 4.98 Å². The maximum Gasteiger partial charge on any atom is 0.232 e. The van der Waals surface area contributed by atoms with Gasteiger partial charge in [0.05, 0.1) is 24.6 Å². The van der Waals surface area contributed by atoms with Gasteiger partial charge in [0.25, 0.3) is 0 Å². The van der Waals surface area contributed by atoms with E-state index < -0.39 is 6.10 Å². The van der Waals surface area contributed by atoms with Crippen LogP contribution in [-0.2, 0) is 0 Å². The van der Waals surface area contributed by atoms with Gasteiger partial charge in [-0.3, -0.25) is 4.98 Å². The molecular formula is C11H18N2O2. The average molecular weight is 210 g/mol. The van der Waals surface area contributed by atoms with E-state index in [1.807, 2.05) is 13.8 Å². The molecule has 4 nitrogen and oxygen atoms in total. The van der Waals surface area contributed by atoms with E-state index in [0.29, 0.717) is 12.5 Å². The van der Waals surface area contributed by atoms with Crippen LogP contribution in [0.3, 0.4) is 0 Å². The molecule has 0 aromatic carbocycles. The molecule has 0 aliphatic heterocycles. The summed E-state index contributed by atoms with van der Waals surface area (Å²) >= 11 is 0. The maximum atomic E-state index is 9.43. The second-order valence-corrected chi connectivity index (χ2v) is 3.66. The van der Waals surface area contributed by atoms with Crippen molar-refractivity contribution in [3.05, 3.63) is 18.1 Å². The van der Waals surface area contributed by atoms with Crippen LogP contribution in [0.25, 0.3) is 0 Å². The highest BCUT2D eigenvalue weighted by atomic mass is 16.5. The molecule has 0 aliphatic rings. The van der Waals surface area contributed by atoms with Gasteiger partial charge in [-0.2, -0.15) is 0 Å². The molecule has 1 aromatic rings. The number of hydrogen-bond donors (Lipinski definition) is 1. The van der Waals surface area contributed by atoms with E-state index in [-0.39, 0.29) is 5.92 Å². The molecule has 0 amide bonds. The van der Waals surface area contributed by atoms with Crippen LogP contribution < -0.4 is 4.74 Å². The Balaban J connectivity index is 2.73. The molecule has 1 aromatic heterocycles. The van der Waals surface area contributed by atoms with E-state index in [1.54, 1.807) is 19.3 Å². The highest BCUT2D eigenvalue weighted by Gasteiger charge is 2.13. The fraction of sp³-hybridized carbons (Fsp3) is 0.636. The number of rotatable bonds is 5. The van der Waals surface area contributed by atoms with Gasteiger partial charge in [-0.15, -0.1) is 0 Å². The topological polar surface area (TPSA) is 55.2 Å². The van der Waals surface area contributed by atoms with Crippen LogP contribution in [0, 0.1) is 0 Å². The van der Waals surface area contributed by atoms with Crippen molar-refractivity contribution in [3.63, 3.8) is 0 Å². The van der Waals surface area contributed by atoms with Crippen LogP contribution in [0.15, 0.2) is 12.4 Å². The smallest absolute Gasteiger partial charge is 0.232 e. The third kappa shape index (κ3) is 3.47. The van der Waals surface area contributed by atoms with Crippen molar-refractivity contribution in [2.45, 2.75) is 39.2 Å². The van der Waals surface area contributed by atoms with Crippen LogP contribution in [0.4, 0.5) is 0 Å². The van der Waals surface area contributed by atoms with Crippen molar-refractivity contribution in [1.82, 2.24) is 9.97 Å². The molecule has 0 saturated heterocycles. The lowest BCUT2D eigenvalue weighted by Gasteiger charge is -2.14. The van der Waals surface area contributed by atoms with E-state index in [0.717, 1.165) is 12.1 Å². The Kier molecular flexibility index (Phi) is 4.49. The Morgan fingerprint density at radius 1 is 1.40 bits per heavy atom. The summed E-state index contributed by atoms with van der Waals surface area (Å²) in [5.74, 6) is 0.504. The van der Waals surface area contributed by atoms with E-state index in [4.69, 9.17) is 4.74 Å². The lowest BCUT2D eigenvalue weighted by atomic mass is 10.0. The summed E-state index contributed by atoms with van der Waals surface area (Å²) in [6.07, 6.45) is 3.77. The summed E-state index contributed by atoms with van der Waals surface area (Å²) in [6.45, 7) is 6.33. The first-order valence-electron chi connectivity index (χ1n) is 5.28. The minimum atomic E-state index is -0.430. The largest absolute Gasteiger partial charge is 0.477 e. The number of aromatic nitrogens is 2. The van der Waals surface area contributed by atoms with Gasteiger partial charge >= 0.3 is 0 Å². The minimum Gasteiger partial charge on any atom is -0.477 e. The van der Waals surface area contributed by atoms with E-state index in [9.17, 15) is 5.11 Å². The number of ether oxygens (including phenoxy) is 1. The van der Waals surface area contributed by atoms with Gasteiger partial charge in [-0.05, 0) is 13.3 Å². The predicted molar refractivity (Wildman–Crippen MR) is 57.9 cm³/mol. The van der Waals surface area contributed by atoms with Crippen LogP contribution >= 0.6 is 0 Å². The summed E-state index contributed by atoms with van der Waals surface area (Å²) in [5.41, 5.74) is 0.763. The SMILES string of the molecule is CCCOc1cncc(C(C)C(C)O)n1. The molecule has 0 fully saturated rings. The lowest BCUT2D eigenvalue weighted by molar-refractivity contribution is 0.166. The molecule has 0 radical (unpaired) electrons. The number of nitrogens with zero attached hydrogens (tertiary/aromatic N) is 2. The molecule has 0 spiro atoms. The Bertz CT molecular complexity index is 302. The monoisotopic (exact) mass is 210 g/mol. The Labute approximate surface area is 90.3 Å². The Hall–Kier alpha value is -1.16. The van der Waals surface area contributed by atoms with Crippen molar-refractivity contribution in [2.24, 2.45) is 0 Å². The van der Waals surface area contributed by atoms with Gasteiger partial charge in [0.2, 0.25) is 5.88 Å². The van der Waals surface area contributed by atoms with E-state index in [1.165, 1.54) is 0 Å². The predicted octanol–water partition coefficient (Wildman–Crippen LogP) is 1.75. The molecule has 2 atom stereocenters. The summed E-state index contributed by atoms with van der Waals surface area (Å²) in [7, 11) is 0. The molecule has 0 aliphatic carbocycles. The second-order valence-electron chi connectivity index (χ2n) is 3.66. The second kappa shape index (κ2) is 5.66. The highest BCUT2D eigenvalue weighted by Crippen LogP contribution is 2.18. The fourth-order valence-corrected chi connectivity index (χ4v) is 1.11. The lowest BCUT2D eigenvalue weighted by Crippen LogP contribution is -2.13. The molecule has 1 rings (SSSR count). The zero-order chi connectivity index (χ0) is 11.3. The van der Waals surface area contributed by atoms with Gasteiger partial charge in [-0.1, -0.05) is 13.8 Å². The van der Waals surface area contributed by atoms with Crippen LogP contribution in [0.2, 0.25) is 0 Å². The molecule has 4 heteroatoms. The zero-order valence-corrected chi connectivity index (χ0v) is 9.47. The molecule has 2 unspecified atom stereocenters. The number of aliphatic hydroxyl groups excluding tert-OH is 1. The summed E-state index contributed by atoms with van der Waals surface area (Å²) in [4.78, 5) is 8.33. The molecule has 84 valence electrons. The molecule has 1 heterocycles. The van der Waals surface area contributed by atoms with Crippen LogP contribution in [0.5, 0.6) is 5.88 Å². The molecular weight excluding hydrogens is 192 g/mol. The molecule has 0 saturated carbocycles. The van der Waals surface area contributed by atoms with Crippen molar-refractivity contribution in [1.29, 1.82) is 0 Å². The van der Waals surface area contributed by atoms with Gasteiger partial charge < -0.3 is 9.84 Å². The standard InChI is InChI=1S/C11H18N2O2/c1-4-5-15-11-7-12-6-10(13-11)8(2)9(3)14/h6-9,14H,4-5H2,1-3H3. The average Bonchev–Trinajstić information content (AvgIpc) is 2.25. The van der Waals surface area contributed by atoms with Gasteiger partial charge in [0.1, 0.15) is 0 Å². The Morgan fingerprint density at radius 2 is 2.13 bits per heavy atom. The van der Waals surface area contributed by atoms with Gasteiger partial charge in [0, 0.05) is 12.1 Å². The van der Waals surface area contributed by atoms with Crippen LogP contribution in [-0.4, -0.2) is 27.8 Å². The summed E-state index contributed by atoms with van der Waals surface area (Å²) < 4.78 is 5.37. The molecule has 0 bridgehead atoms. The fourth-order valence-electron chi connectivity index (χ4n) is 1.11. The van der Waals surface area contributed by atoms with Crippen molar-refractivity contribution in [2.75, 3.05) is 6.61 Å². The first kappa shape index (κ1) is 11.9. The zero-order valence-electron chi connectivity index (χ0n) is 9.47. The number of hydrogen-bond acceptors (Lipinski definition) is 4. The molecule has 15 heavy (non-hydrogen) atoms. The first-order chi connectivity index (χ1) is 7.15. The van der Waals surface area contributed by atoms with Crippen molar-refractivity contribution >= 4 is 0 Å². The summed E-state index contributed by atoms with van der Waals surface area (Å²) in [6, 6.07) is 0. The third-order valence-electron chi connectivity index (χ3n) is 2.28. The maximum absolute atomic E-state index is 9.43. The quantitative estimate of drug-likeness (QED) is 0.804. The van der Waals surface area contributed by atoms with E-state index >= 15 is 0 Å². The van der Waals surface area contributed by atoms with E-state index in [2.05, 4.69) is 9.97 Å². The Morgan fingerprint density at radius 3 is 2.73 bits per heavy atom. The highest BCUT2D eigenvalue weighted by molar-refractivity contribution is 5.12. The normalized spacial score (nSPS) is 14.7. The first-order valence-corrected chi connectivity index (χ1v) is 5.28. The van der Waals surface area contributed by atoms with Gasteiger partial charge in [0.15, 0.2) is 0 Å².